The molecule has 2 bridgehead atoms. The summed E-state index contributed by atoms with van der Waals surface area (Å²) in [6, 6.07) is 17.1. The Labute approximate surface area is 165 Å². The highest BCUT2D eigenvalue weighted by atomic mass is 16.4. The molecule has 0 saturated carbocycles. The summed E-state index contributed by atoms with van der Waals surface area (Å²) in [6.45, 7) is 2.40. The normalized spacial score (nSPS) is 22.7. The van der Waals surface area contributed by atoms with Crippen LogP contribution in [0.4, 0.5) is 4.79 Å². The number of rotatable bonds is 5. The Morgan fingerprint density at radius 2 is 1.61 bits per heavy atom. The van der Waals surface area contributed by atoms with Crippen LogP contribution >= 0.6 is 0 Å². The molecule has 0 saturated heterocycles. The lowest BCUT2D eigenvalue weighted by Crippen LogP contribution is -2.45. The molecule has 5 nitrogen and oxygen atoms in total. The van der Waals surface area contributed by atoms with Crippen LogP contribution in [0.3, 0.4) is 0 Å². The predicted molar refractivity (Wildman–Crippen MR) is 108 cm³/mol. The number of aliphatic carboxylic acids is 1. The van der Waals surface area contributed by atoms with Gasteiger partial charge in [-0.05, 0) is 34.6 Å². The van der Waals surface area contributed by atoms with Gasteiger partial charge in [0.1, 0.15) is 0 Å². The van der Waals surface area contributed by atoms with Crippen LogP contribution < -0.4 is 5.32 Å². The van der Waals surface area contributed by atoms with Crippen LogP contribution in [-0.2, 0) is 4.79 Å². The molecule has 2 atom stereocenters. The molecule has 2 unspecified atom stereocenters. The van der Waals surface area contributed by atoms with E-state index in [1.54, 1.807) is 14.0 Å². The predicted octanol–water partition coefficient (Wildman–Crippen LogP) is 3.65. The van der Waals surface area contributed by atoms with Gasteiger partial charge in [0, 0.05) is 32.0 Å². The van der Waals surface area contributed by atoms with Gasteiger partial charge in [0.25, 0.3) is 0 Å². The summed E-state index contributed by atoms with van der Waals surface area (Å²) in [6.07, 6.45) is 1.02. The van der Waals surface area contributed by atoms with E-state index in [1.807, 2.05) is 0 Å². The van der Waals surface area contributed by atoms with Gasteiger partial charge in [0.15, 0.2) is 0 Å². The van der Waals surface area contributed by atoms with Crippen molar-refractivity contribution in [1.82, 2.24) is 10.2 Å². The van der Waals surface area contributed by atoms with E-state index in [2.05, 4.69) is 53.8 Å². The maximum atomic E-state index is 12.5. The number of hydrogen-bond donors (Lipinski definition) is 2. The Kier molecular flexibility index (Phi) is 4.84. The molecule has 3 aliphatic rings. The van der Waals surface area contributed by atoms with E-state index in [0.717, 1.165) is 6.42 Å². The number of carboxylic acids is 1. The van der Waals surface area contributed by atoms with Gasteiger partial charge in [-0.1, -0.05) is 55.5 Å². The van der Waals surface area contributed by atoms with Crippen molar-refractivity contribution in [3.63, 3.8) is 0 Å². The summed E-state index contributed by atoms with van der Waals surface area (Å²) in [7, 11) is 1.65. The van der Waals surface area contributed by atoms with Gasteiger partial charge < -0.3 is 15.3 Å². The third-order valence-electron chi connectivity index (χ3n) is 6.25. The first-order chi connectivity index (χ1) is 13.5. The molecule has 2 N–H and O–H groups in total. The van der Waals surface area contributed by atoms with Crippen molar-refractivity contribution >= 4 is 12.0 Å². The molecule has 146 valence electrons. The van der Waals surface area contributed by atoms with Crippen LogP contribution in [0.15, 0.2) is 48.5 Å². The summed E-state index contributed by atoms with van der Waals surface area (Å²) >= 11 is 0. The summed E-state index contributed by atoms with van der Waals surface area (Å²) in [5.41, 5.74) is 5.59. The molecule has 5 heteroatoms. The topological polar surface area (TPSA) is 69.6 Å². The first-order valence-electron chi connectivity index (χ1n) is 9.86. The molecular weight excluding hydrogens is 352 g/mol. The van der Waals surface area contributed by atoms with E-state index in [1.165, 1.54) is 27.2 Å². The average molecular weight is 378 g/mol. The Hall–Kier alpha value is -2.82. The summed E-state index contributed by atoms with van der Waals surface area (Å²) < 4.78 is 0. The zero-order valence-electron chi connectivity index (χ0n) is 16.3. The van der Waals surface area contributed by atoms with E-state index in [0.29, 0.717) is 24.3 Å². The fraction of sp³-hybridized carbons (Fsp3) is 0.391. The minimum absolute atomic E-state index is 0.198. The fourth-order valence-corrected chi connectivity index (χ4v) is 4.88. The monoisotopic (exact) mass is 378 g/mol. The summed E-state index contributed by atoms with van der Waals surface area (Å²) in [4.78, 5) is 24.9. The molecule has 5 rings (SSSR count). The summed E-state index contributed by atoms with van der Waals surface area (Å²) in [5.74, 6) is -0.466. The lowest BCUT2D eigenvalue weighted by molar-refractivity contribution is -0.141. The van der Waals surface area contributed by atoms with E-state index in [4.69, 9.17) is 5.11 Å². The minimum atomic E-state index is -0.891. The highest BCUT2D eigenvalue weighted by molar-refractivity contribution is 5.75. The molecule has 0 aromatic heterocycles. The van der Waals surface area contributed by atoms with Crippen LogP contribution in [-0.4, -0.2) is 42.1 Å². The van der Waals surface area contributed by atoms with E-state index in [9.17, 15) is 9.59 Å². The molecule has 0 heterocycles. The number of hydrogen-bond acceptors (Lipinski definition) is 2. The number of urea groups is 1. The van der Waals surface area contributed by atoms with Crippen molar-refractivity contribution in [3.05, 3.63) is 70.8 Å². The molecule has 0 aliphatic heterocycles. The lowest BCUT2D eigenvalue weighted by Gasteiger charge is -2.45. The highest BCUT2D eigenvalue weighted by Crippen LogP contribution is 2.55. The lowest BCUT2D eigenvalue weighted by atomic mass is 9.59. The molecule has 0 radical (unpaired) electrons. The van der Waals surface area contributed by atoms with Crippen molar-refractivity contribution in [2.24, 2.45) is 11.8 Å². The van der Waals surface area contributed by atoms with Crippen LogP contribution in [0.1, 0.15) is 47.4 Å². The SMILES string of the molecule is CC(CN(C)C(=O)NCC1CC2c3ccccc3C1c1ccccc12)C(=O)O. The third kappa shape index (κ3) is 3.15. The van der Waals surface area contributed by atoms with Crippen LogP contribution in [0, 0.1) is 11.8 Å². The molecule has 0 fully saturated rings. The van der Waals surface area contributed by atoms with Crippen LogP contribution in [0.5, 0.6) is 0 Å². The van der Waals surface area contributed by atoms with Crippen LogP contribution in [0.2, 0.25) is 0 Å². The Morgan fingerprint density at radius 1 is 1.07 bits per heavy atom. The Balaban J connectivity index is 1.50. The van der Waals surface area contributed by atoms with E-state index >= 15 is 0 Å². The fourth-order valence-electron chi connectivity index (χ4n) is 4.88. The van der Waals surface area contributed by atoms with Gasteiger partial charge in [0.05, 0.1) is 5.92 Å². The Morgan fingerprint density at radius 3 is 2.14 bits per heavy atom. The van der Waals surface area contributed by atoms with Crippen LogP contribution in [0.25, 0.3) is 0 Å². The van der Waals surface area contributed by atoms with Crippen molar-refractivity contribution in [3.8, 4) is 0 Å². The van der Waals surface area contributed by atoms with Gasteiger partial charge in [-0.15, -0.1) is 0 Å². The largest absolute Gasteiger partial charge is 0.481 e. The van der Waals surface area contributed by atoms with Crippen molar-refractivity contribution < 1.29 is 14.7 Å². The number of carboxylic acid groups (broad SMARTS) is 1. The molecule has 2 amide bonds. The maximum Gasteiger partial charge on any atom is 0.317 e. The molecule has 2 aromatic rings. The number of fused-ring (bicyclic) bond motifs is 1. The molecule has 28 heavy (non-hydrogen) atoms. The minimum Gasteiger partial charge on any atom is -0.481 e. The summed E-state index contributed by atoms with van der Waals surface area (Å²) in [5, 5.41) is 12.1. The number of benzene rings is 2. The maximum absolute atomic E-state index is 12.5. The van der Waals surface area contributed by atoms with Gasteiger partial charge in [-0.3, -0.25) is 4.79 Å². The first kappa shape index (κ1) is 18.5. The van der Waals surface area contributed by atoms with Crippen molar-refractivity contribution in [2.45, 2.75) is 25.2 Å². The van der Waals surface area contributed by atoms with Crippen molar-refractivity contribution in [2.75, 3.05) is 20.1 Å². The number of amides is 2. The second-order valence-electron chi connectivity index (χ2n) is 8.09. The van der Waals surface area contributed by atoms with E-state index < -0.39 is 11.9 Å². The molecule has 2 aromatic carbocycles. The first-order valence-corrected chi connectivity index (χ1v) is 9.86. The molecular formula is C23H26N2O3. The standard InChI is InChI=1S/C23H26N2O3/c1-14(22(26)27)13-25(2)23(28)24-12-15-11-20-16-7-3-5-9-18(16)21(15)19-10-6-4-8-17(19)20/h3-10,14-15,20-21H,11-13H2,1-2H3,(H,24,28)(H,26,27). The molecule has 3 aliphatic carbocycles. The van der Waals surface area contributed by atoms with Gasteiger partial charge in [-0.2, -0.15) is 0 Å². The van der Waals surface area contributed by atoms with Gasteiger partial charge in [0.2, 0.25) is 0 Å². The third-order valence-corrected chi connectivity index (χ3v) is 6.25. The second-order valence-corrected chi connectivity index (χ2v) is 8.09. The average Bonchev–Trinajstić information content (AvgIpc) is 2.72. The number of carbonyl (C=O) groups is 2. The quantitative estimate of drug-likeness (QED) is 0.834. The van der Waals surface area contributed by atoms with Gasteiger partial charge >= 0.3 is 12.0 Å². The number of carbonyl (C=O) groups excluding carboxylic acids is 1. The van der Waals surface area contributed by atoms with Crippen molar-refractivity contribution in [1.29, 1.82) is 0 Å². The zero-order chi connectivity index (χ0) is 19.8. The van der Waals surface area contributed by atoms with Gasteiger partial charge in [-0.25, -0.2) is 4.79 Å². The molecule has 0 spiro atoms. The zero-order valence-corrected chi connectivity index (χ0v) is 16.3. The smallest absolute Gasteiger partial charge is 0.317 e. The number of nitrogens with zero attached hydrogens (tertiary/aromatic N) is 1. The number of nitrogens with one attached hydrogen (secondary N) is 1. The highest BCUT2D eigenvalue weighted by Gasteiger charge is 2.42. The second kappa shape index (κ2) is 7.30. The van der Waals surface area contributed by atoms with E-state index in [-0.39, 0.29) is 12.6 Å². The Bertz CT molecular complexity index is 863.